The topological polar surface area (TPSA) is 82.7 Å². The van der Waals surface area contributed by atoms with Crippen LogP contribution in [0.4, 0.5) is 18.9 Å². The molecule has 7 nitrogen and oxygen atoms in total. The lowest BCUT2D eigenvalue weighted by Gasteiger charge is -2.44. The van der Waals surface area contributed by atoms with Crippen molar-refractivity contribution < 1.29 is 27.5 Å². The van der Waals surface area contributed by atoms with Gasteiger partial charge in [-0.3, -0.25) is 9.59 Å². The Morgan fingerprint density at radius 2 is 1.90 bits per heavy atom. The van der Waals surface area contributed by atoms with E-state index < -0.39 is 29.7 Å². The highest BCUT2D eigenvalue weighted by Crippen LogP contribution is 2.46. The van der Waals surface area contributed by atoms with Crippen LogP contribution >= 0.6 is 0 Å². The molecule has 172 valence electrons. The standard InChI is InChI=1S/C21H29F3N4O3/c1-12-15-6-5-14(11-26-20(30)19(29)25-8-9-28(2)3)31-18(15)16-10-13(21(22,23)24)4-7-17(16)27-12/h4,7,10,12,14-15,18,27H,5-6,8-9,11H2,1-3H3,(H,25,29)(H,26,30)/t12-,14+,15-,18-/m0/s1. The summed E-state index contributed by atoms with van der Waals surface area (Å²) in [6.07, 6.45) is -3.94. The van der Waals surface area contributed by atoms with Gasteiger partial charge < -0.3 is 25.6 Å². The number of alkyl halides is 3. The van der Waals surface area contributed by atoms with Crippen molar-refractivity contribution in [3.63, 3.8) is 0 Å². The van der Waals surface area contributed by atoms with Crippen molar-refractivity contribution in [3.05, 3.63) is 29.3 Å². The molecule has 0 unspecified atom stereocenters. The number of benzene rings is 1. The van der Waals surface area contributed by atoms with Crippen molar-refractivity contribution in [3.8, 4) is 0 Å². The van der Waals surface area contributed by atoms with E-state index in [0.29, 0.717) is 30.8 Å². The number of carbonyl (C=O) groups excluding carboxylic acids is 2. The van der Waals surface area contributed by atoms with E-state index in [2.05, 4.69) is 16.0 Å². The summed E-state index contributed by atoms with van der Waals surface area (Å²) in [7, 11) is 3.72. The molecule has 2 amide bonds. The molecule has 31 heavy (non-hydrogen) atoms. The molecule has 1 aromatic carbocycles. The fourth-order valence-corrected chi connectivity index (χ4v) is 4.09. The molecule has 0 saturated carbocycles. The Balaban J connectivity index is 1.63. The maximum absolute atomic E-state index is 13.2. The number of nitrogens with zero attached hydrogens (tertiary/aromatic N) is 1. The number of rotatable bonds is 5. The molecule has 3 N–H and O–H groups in total. The van der Waals surface area contributed by atoms with Crippen molar-refractivity contribution in [2.24, 2.45) is 5.92 Å². The zero-order valence-electron chi connectivity index (χ0n) is 17.9. The van der Waals surface area contributed by atoms with Gasteiger partial charge >= 0.3 is 18.0 Å². The number of amides is 2. The summed E-state index contributed by atoms with van der Waals surface area (Å²) in [5, 5.41) is 8.38. The Kier molecular flexibility index (Phi) is 7.10. The third-order valence-corrected chi connectivity index (χ3v) is 5.80. The number of hydrogen-bond donors (Lipinski definition) is 3. The second-order valence-corrected chi connectivity index (χ2v) is 8.42. The lowest BCUT2D eigenvalue weighted by atomic mass is 9.79. The van der Waals surface area contributed by atoms with Crippen LogP contribution in [0.3, 0.4) is 0 Å². The lowest BCUT2D eigenvalue weighted by molar-refractivity contribution is -0.140. The third-order valence-electron chi connectivity index (χ3n) is 5.80. The largest absolute Gasteiger partial charge is 0.416 e. The third kappa shape index (κ3) is 5.68. The van der Waals surface area contributed by atoms with Crippen molar-refractivity contribution in [1.82, 2.24) is 15.5 Å². The first kappa shape index (κ1) is 23.3. The molecule has 10 heteroatoms. The fourth-order valence-electron chi connectivity index (χ4n) is 4.09. The van der Waals surface area contributed by atoms with Gasteiger partial charge in [0.25, 0.3) is 0 Å². The van der Waals surface area contributed by atoms with Crippen molar-refractivity contribution in [1.29, 1.82) is 0 Å². The van der Waals surface area contributed by atoms with Gasteiger partial charge in [-0.25, -0.2) is 0 Å². The predicted molar refractivity (Wildman–Crippen MR) is 109 cm³/mol. The molecular weight excluding hydrogens is 413 g/mol. The van der Waals surface area contributed by atoms with E-state index in [0.717, 1.165) is 18.6 Å². The first-order chi connectivity index (χ1) is 14.6. The minimum Gasteiger partial charge on any atom is -0.382 e. The Morgan fingerprint density at radius 1 is 1.19 bits per heavy atom. The summed E-state index contributed by atoms with van der Waals surface area (Å²) >= 11 is 0. The van der Waals surface area contributed by atoms with Crippen LogP contribution in [0.25, 0.3) is 0 Å². The zero-order valence-corrected chi connectivity index (χ0v) is 17.9. The monoisotopic (exact) mass is 442 g/mol. The minimum absolute atomic E-state index is 0.0252. The molecule has 0 radical (unpaired) electrons. The Hall–Kier alpha value is -2.33. The number of ether oxygens (including phenoxy) is 1. The number of carbonyl (C=O) groups is 2. The van der Waals surface area contributed by atoms with E-state index in [9.17, 15) is 22.8 Å². The number of hydrogen-bond acceptors (Lipinski definition) is 5. The molecular formula is C21H29F3N4O3. The molecule has 0 bridgehead atoms. The summed E-state index contributed by atoms with van der Waals surface area (Å²) in [5.41, 5.74) is 0.400. The molecule has 0 aromatic heterocycles. The molecule has 2 aliphatic rings. The van der Waals surface area contributed by atoms with Gasteiger partial charge in [0.1, 0.15) is 0 Å². The first-order valence-corrected chi connectivity index (χ1v) is 10.4. The van der Waals surface area contributed by atoms with E-state index in [1.54, 1.807) is 0 Å². The minimum atomic E-state index is -4.43. The van der Waals surface area contributed by atoms with Crippen LogP contribution in [0.2, 0.25) is 0 Å². The quantitative estimate of drug-likeness (QED) is 0.609. The predicted octanol–water partition coefficient (Wildman–Crippen LogP) is 2.15. The highest BCUT2D eigenvalue weighted by molar-refractivity contribution is 6.35. The van der Waals surface area contributed by atoms with Crippen LogP contribution in [0.5, 0.6) is 0 Å². The summed E-state index contributed by atoms with van der Waals surface area (Å²) < 4.78 is 45.7. The summed E-state index contributed by atoms with van der Waals surface area (Å²) in [6.45, 7) is 3.08. The van der Waals surface area contributed by atoms with E-state index in [4.69, 9.17) is 4.74 Å². The molecule has 1 saturated heterocycles. The Labute approximate surface area is 179 Å². The van der Waals surface area contributed by atoms with Gasteiger partial charge in [-0.1, -0.05) is 0 Å². The van der Waals surface area contributed by atoms with E-state index in [-0.39, 0.29) is 24.6 Å². The lowest BCUT2D eigenvalue weighted by Crippen LogP contribution is -2.47. The van der Waals surface area contributed by atoms with Gasteiger partial charge in [-0.2, -0.15) is 13.2 Å². The number of likely N-dealkylation sites (N-methyl/N-ethyl adjacent to an activating group) is 1. The van der Waals surface area contributed by atoms with Gasteiger partial charge in [-0.15, -0.1) is 0 Å². The summed E-state index contributed by atoms with van der Waals surface area (Å²) in [6, 6.07) is 3.70. The van der Waals surface area contributed by atoms with Crippen molar-refractivity contribution in [2.45, 2.75) is 44.2 Å². The first-order valence-electron chi connectivity index (χ1n) is 10.4. The SMILES string of the molecule is C[C@@H]1Nc2ccc(C(F)(F)F)cc2[C@H]2O[C@@H](CNC(=O)C(=O)NCCN(C)C)CC[C@@H]12. The second kappa shape index (κ2) is 9.44. The Bertz CT molecular complexity index is 816. The molecule has 0 spiro atoms. The van der Waals surface area contributed by atoms with Crippen LogP contribution in [-0.4, -0.2) is 62.6 Å². The van der Waals surface area contributed by atoms with Crippen molar-refractivity contribution in [2.75, 3.05) is 39.0 Å². The average molecular weight is 442 g/mol. The van der Waals surface area contributed by atoms with Crippen LogP contribution in [0.15, 0.2) is 18.2 Å². The van der Waals surface area contributed by atoms with Crippen LogP contribution in [-0.2, 0) is 20.5 Å². The molecule has 1 fully saturated rings. The molecule has 3 rings (SSSR count). The number of halogens is 3. The maximum atomic E-state index is 13.2. The summed E-state index contributed by atoms with van der Waals surface area (Å²) in [4.78, 5) is 25.8. The van der Waals surface area contributed by atoms with Crippen molar-refractivity contribution >= 4 is 17.5 Å². The van der Waals surface area contributed by atoms with Crippen LogP contribution < -0.4 is 16.0 Å². The van der Waals surface area contributed by atoms with Gasteiger partial charge in [-0.05, 0) is 52.1 Å². The molecule has 1 aromatic rings. The zero-order chi connectivity index (χ0) is 22.8. The smallest absolute Gasteiger partial charge is 0.382 e. The average Bonchev–Trinajstić information content (AvgIpc) is 2.70. The fraction of sp³-hybridized carbons (Fsp3) is 0.619. The number of anilines is 1. The Morgan fingerprint density at radius 3 is 2.58 bits per heavy atom. The number of nitrogens with one attached hydrogen (secondary N) is 3. The molecule has 2 heterocycles. The van der Waals surface area contributed by atoms with Gasteiger partial charge in [0, 0.05) is 42.8 Å². The maximum Gasteiger partial charge on any atom is 0.416 e. The van der Waals surface area contributed by atoms with E-state index in [1.165, 1.54) is 6.07 Å². The second-order valence-electron chi connectivity index (χ2n) is 8.42. The number of fused-ring (bicyclic) bond motifs is 3. The van der Waals surface area contributed by atoms with Gasteiger partial charge in [0.15, 0.2) is 0 Å². The summed E-state index contributed by atoms with van der Waals surface area (Å²) in [5.74, 6) is -1.44. The van der Waals surface area contributed by atoms with Gasteiger partial charge in [0.2, 0.25) is 0 Å². The highest BCUT2D eigenvalue weighted by Gasteiger charge is 2.41. The van der Waals surface area contributed by atoms with Gasteiger partial charge in [0.05, 0.1) is 17.8 Å². The van der Waals surface area contributed by atoms with Crippen LogP contribution in [0.1, 0.15) is 37.0 Å². The molecule has 4 atom stereocenters. The van der Waals surface area contributed by atoms with E-state index >= 15 is 0 Å². The molecule has 2 aliphatic heterocycles. The highest BCUT2D eigenvalue weighted by atomic mass is 19.4. The van der Waals surface area contributed by atoms with Crippen LogP contribution in [0, 0.1) is 5.92 Å². The normalized spacial score (nSPS) is 25.3. The van der Waals surface area contributed by atoms with E-state index in [1.807, 2.05) is 25.9 Å². The molecule has 0 aliphatic carbocycles.